The number of nitrogens with one attached hydrogen (secondary N) is 1. The molecule has 0 bridgehead atoms. The van der Waals surface area contributed by atoms with Crippen molar-refractivity contribution < 1.29 is 13.9 Å². The van der Waals surface area contributed by atoms with Gasteiger partial charge in [0.2, 0.25) is 5.91 Å². The van der Waals surface area contributed by atoms with Crippen molar-refractivity contribution in [2.24, 2.45) is 0 Å². The van der Waals surface area contributed by atoms with Crippen LogP contribution in [0.25, 0.3) is 11.3 Å². The van der Waals surface area contributed by atoms with Crippen LogP contribution in [0, 0.1) is 5.82 Å². The molecule has 1 fully saturated rings. The maximum absolute atomic E-state index is 13.0. The van der Waals surface area contributed by atoms with Gasteiger partial charge in [-0.1, -0.05) is 0 Å². The Balaban J connectivity index is 1.64. The van der Waals surface area contributed by atoms with E-state index in [4.69, 9.17) is 4.74 Å². The van der Waals surface area contributed by atoms with E-state index in [-0.39, 0.29) is 17.8 Å². The summed E-state index contributed by atoms with van der Waals surface area (Å²) in [7, 11) is 0. The molecule has 1 amide bonds. The van der Waals surface area contributed by atoms with Crippen molar-refractivity contribution in [1.29, 1.82) is 0 Å². The van der Waals surface area contributed by atoms with Crippen LogP contribution in [0.4, 0.5) is 9.52 Å². The summed E-state index contributed by atoms with van der Waals surface area (Å²) >= 11 is 1.43. The Hall–Kier alpha value is -1.99. The van der Waals surface area contributed by atoms with Crippen LogP contribution in [0.15, 0.2) is 29.6 Å². The summed E-state index contributed by atoms with van der Waals surface area (Å²) in [4.78, 5) is 18.6. The van der Waals surface area contributed by atoms with Crippen molar-refractivity contribution in [2.75, 3.05) is 31.6 Å². The molecule has 1 unspecified atom stereocenters. The van der Waals surface area contributed by atoms with Crippen molar-refractivity contribution >= 4 is 22.4 Å². The van der Waals surface area contributed by atoms with Gasteiger partial charge in [0.1, 0.15) is 11.9 Å². The lowest BCUT2D eigenvalue weighted by molar-refractivity contribution is -0.135. The Kier molecular flexibility index (Phi) is 4.88. The molecule has 122 valence electrons. The Labute approximate surface area is 138 Å². The van der Waals surface area contributed by atoms with Crippen molar-refractivity contribution in [3.8, 4) is 11.3 Å². The van der Waals surface area contributed by atoms with E-state index < -0.39 is 0 Å². The highest BCUT2D eigenvalue weighted by molar-refractivity contribution is 7.14. The molecule has 1 aromatic heterocycles. The number of rotatable bonds is 4. The van der Waals surface area contributed by atoms with E-state index in [1.165, 1.54) is 23.5 Å². The second-order valence-corrected chi connectivity index (χ2v) is 6.21. The van der Waals surface area contributed by atoms with Gasteiger partial charge in [-0.3, -0.25) is 4.79 Å². The number of carbonyl (C=O) groups excluding carboxylic acids is 1. The molecule has 0 saturated carbocycles. The lowest BCUT2D eigenvalue weighted by atomic mass is 10.2. The predicted molar refractivity (Wildman–Crippen MR) is 88.0 cm³/mol. The fourth-order valence-electron chi connectivity index (χ4n) is 2.40. The fourth-order valence-corrected chi connectivity index (χ4v) is 3.21. The molecule has 0 radical (unpaired) electrons. The molecule has 1 aromatic carbocycles. The van der Waals surface area contributed by atoms with Gasteiger partial charge in [0.05, 0.1) is 18.9 Å². The lowest BCUT2D eigenvalue weighted by Gasteiger charge is -2.29. The number of ether oxygens (including phenoxy) is 1. The molecular weight excluding hydrogens is 317 g/mol. The van der Waals surface area contributed by atoms with Gasteiger partial charge in [0.15, 0.2) is 5.13 Å². The average molecular weight is 335 g/mol. The minimum Gasteiger partial charge on any atom is -0.378 e. The van der Waals surface area contributed by atoms with Gasteiger partial charge >= 0.3 is 0 Å². The van der Waals surface area contributed by atoms with Gasteiger partial charge in [-0.15, -0.1) is 11.3 Å². The van der Waals surface area contributed by atoms with Crippen LogP contribution >= 0.6 is 11.3 Å². The molecule has 0 spiro atoms. The number of morpholine rings is 1. The third-order valence-corrected chi connectivity index (χ3v) is 4.45. The average Bonchev–Trinajstić information content (AvgIpc) is 3.04. The normalized spacial score (nSPS) is 16.2. The highest BCUT2D eigenvalue weighted by atomic mass is 32.1. The minimum absolute atomic E-state index is 0.0480. The molecule has 2 aromatic rings. The Bertz CT molecular complexity index is 668. The van der Waals surface area contributed by atoms with Crippen molar-refractivity contribution in [3.63, 3.8) is 0 Å². The molecule has 5 nitrogen and oxygen atoms in total. The molecule has 2 heterocycles. The number of thiazole rings is 1. The van der Waals surface area contributed by atoms with E-state index >= 15 is 0 Å². The summed E-state index contributed by atoms with van der Waals surface area (Å²) in [5, 5.41) is 5.71. The van der Waals surface area contributed by atoms with Crippen molar-refractivity contribution in [1.82, 2.24) is 9.88 Å². The largest absolute Gasteiger partial charge is 0.378 e. The number of nitrogens with zero attached hydrogens (tertiary/aromatic N) is 2. The van der Waals surface area contributed by atoms with Gasteiger partial charge in [-0.05, 0) is 31.2 Å². The second-order valence-electron chi connectivity index (χ2n) is 5.35. The topological polar surface area (TPSA) is 54.5 Å². The molecule has 7 heteroatoms. The molecule has 1 N–H and O–H groups in total. The number of hydrogen-bond acceptors (Lipinski definition) is 5. The van der Waals surface area contributed by atoms with E-state index in [1.807, 2.05) is 12.3 Å². The molecule has 1 aliphatic heterocycles. The first-order valence-electron chi connectivity index (χ1n) is 7.48. The Morgan fingerprint density at radius 3 is 2.74 bits per heavy atom. The number of aromatic nitrogens is 1. The number of carbonyl (C=O) groups is 1. The molecule has 23 heavy (non-hydrogen) atoms. The molecular formula is C16H18FN3O2S. The van der Waals surface area contributed by atoms with Crippen LogP contribution in [-0.2, 0) is 9.53 Å². The predicted octanol–water partition coefficient (Wildman–Crippen LogP) is 2.61. The van der Waals surface area contributed by atoms with Crippen LogP contribution < -0.4 is 5.32 Å². The molecule has 1 aliphatic rings. The fraction of sp³-hybridized carbons (Fsp3) is 0.375. The highest BCUT2D eigenvalue weighted by Crippen LogP contribution is 2.25. The third-order valence-electron chi connectivity index (χ3n) is 3.68. The van der Waals surface area contributed by atoms with Crippen LogP contribution in [-0.4, -0.2) is 48.1 Å². The van der Waals surface area contributed by atoms with Crippen LogP contribution in [0.5, 0.6) is 0 Å². The summed E-state index contributed by atoms with van der Waals surface area (Å²) in [5.74, 6) is -0.223. The Morgan fingerprint density at radius 2 is 2.04 bits per heavy atom. The van der Waals surface area contributed by atoms with Crippen LogP contribution in [0.2, 0.25) is 0 Å². The number of halogens is 1. The lowest BCUT2D eigenvalue weighted by Crippen LogP contribution is -2.46. The number of amides is 1. The smallest absolute Gasteiger partial charge is 0.244 e. The summed E-state index contributed by atoms with van der Waals surface area (Å²) in [6.45, 7) is 4.26. The van der Waals surface area contributed by atoms with E-state index in [9.17, 15) is 9.18 Å². The highest BCUT2D eigenvalue weighted by Gasteiger charge is 2.23. The SMILES string of the molecule is CC(Nc1nc(-c2ccc(F)cc2)cs1)C(=O)N1CCOCC1. The molecule has 1 saturated heterocycles. The third kappa shape index (κ3) is 3.86. The summed E-state index contributed by atoms with van der Waals surface area (Å²) in [6.07, 6.45) is 0. The van der Waals surface area contributed by atoms with Crippen molar-refractivity contribution in [3.05, 3.63) is 35.5 Å². The first-order valence-corrected chi connectivity index (χ1v) is 8.36. The molecule has 0 aliphatic carbocycles. The number of hydrogen-bond donors (Lipinski definition) is 1. The van der Waals surface area contributed by atoms with Gasteiger partial charge in [-0.2, -0.15) is 0 Å². The van der Waals surface area contributed by atoms with E-state index in [1.54, 1.807) is 17.0 Å². The van der Waals surface area contributed by atoms with Gasteiger partial charge in [-0.25, -0.2) is 9.37 Å². The minimum atomic E-state index is -0.347. The van der Waals surface area contributed by atoms with E-state index in [0.717, 1.165) is 11.3 Å². The summed E-state index contributed by atoms with van der Waals surface area (Å²) < 4.78 is 18.2. The van der Waals surface area contributed by atoms with E-state index in [2.05, 4.69) is 10.3 Å². The monoisotopic (exact) mass is 335 g/mol. The first kappa shape index (κ1) is 15.9. The van der Waals surface area contributed by atoms with Gasteiger partial charge in [0, 0.05) is 24.0 Å². The van der Waals surface area contributed by atoms with Crippen molar-refractivity contribution in [2.45, 2.75) is 13.0 Å². The summed E-state index contributed by atoms with van der Waals surface area (Å²) in [6, 6.07) is 5.85. The van der Waals surface area contributed by atoms with Crippen LogP contribution in [0.3, 0.4) is 0 Å². The zero-order chi connectivity index (χ0) is 16.2. The first-order chi connectivity index (χ1) is 11.1. The van der Waals surface area contributed by atoms with Gasteiger partial charge in [0.25, 0.3) is 0 Å². The zero-order valence-corrected chi connectivity index (χ0v) is 13.6. The quantitative estimate of drug-likeness (QED) is 0.933. The second kappa shape index (κ2) is 7.06. The zero-order valence-electron chi connectivity index (χ0n) is 12.8. The van der Waals surface area contributed by atoms with Gasteiger partial charge < -0.3 is 15.0 Å². The number of benzene rings is 1. The molecule has 3 rings (SSSR count). The maximum atomic E-state index is 13.0. The Morgan fingerprint density at radius 1 is 1.35 bits per heavy atom. The van der Waals surface area contributed by atoms with Crippen LogP contribution in [0.1, 0.15) is 6.92 Å². The maximum Gasteiger partial charge on any atom is 0.244 e. The number of anilines is 1. The molecule has 1 atom stereocenters. The summed E-state index contributed by atoms with van der Waals surface area (Å²) in [5.41, 5.74) is 1.62. The standard InChI is InChI=1S/C16H18FN3O2S/c1-11(15(21)20-6-8-22-9-7-20)18-16-19-14(10-23-16)12-2-4-13(17)5-3-12/h2-5,10-11H,6-9H2,1H3,(H,18,19). The van der Waals surface area contributed by atoms with E-state index in [0.29, 0.717) is 31.4 Å².